The average molecular weight is 377 g/mol. The van der Waals surface area contributed by atoms with Gasteiger partial charge in [0.25, 0.3) is 0 Å². The highest BCUT2D eigenvalue weighted by atomic mass is 35.5. The smallest absolute Gasteiger partial charge is 0.322 e. The van der Waals surface area contributed by atoms with Gasteiger partial charge in [-0.25, -0.2) is 4.79 Å². The van der Waals surface area contributed by atoms with Gasteiger partial charge in [0, 0.05) is 18.1 Å². The van der Waals surface area contributed by atoms with Crippen molar-refractivity contribution in [1.29, 1.82) is 0 Å². The second-order valence-electron chi connectivity index (χ2n) is 6.90. The Bertz CT molecular complexity index is 698. The number of likely N-dealkylation sites (N-methyl/N-ethyl adjacent to an activating group) is 1. The molecule has 1 atom stereocenters. The second kappa shape index (κ2) is 5.77. The van der Waals surface area contributed by atoms with E-state index in [0.29, 0.717) is 12.8 Å². The zero-order valence-electron chi connectivity index (χ0n) is 14.3. The molecule has 0 aromatic heterocycles. The molecule has 1 fully saturated rings. The number of hydroxylamine groups is 1. The summed E-state index contributed by atoms with van der Waals surface area (Å²) in [6.45, 7) is 2.99. The predicted molar refractivity (Wildman–Crippen MR) is 88.7 cm³/mol. The Balaban J connectivity index is 2.37. The number of nitrogens with zero attached hydrogens (tertiary/aromatic N) is 2. The first kappa shape index (κ1) is 18.3. The van der Waals surface area contributed by atoms with E-state index in [9.17, 15) is 18.0 Å². The van der Waals surface area contributed by atoms with Crippen molar-refractivity contribution in [3.8, 4) is 0 Å². The molecular formula is C17H20ClF3N2O2. The SMILES string of the molecule is CCN1C[C@](C(F)(F)F)(C2(C)CC2)c2cc(Cl)ccc2N(OC)C1=O. The molecule has 0 radical (unpaired) electrons. The van der Waals surface area contributed by atoms with Crippen molar-refractivity contribution in [2.75, 3.05) is 25.3 Å². The quantitative estimate of drug-likeness (QED) is 0.761. The van der Waals surface area contributed by atoms with Gasteiger partial charge in [0.2, 0.25) is 0 Å². The zero-order valence-corrected chi connectivity index (χ0v) is 15.0. The van der Waals surface area contributed by atoms with Crippen molar-refractivity contribution in [1.82, 2.24) is 4.90 Å². The van der Waals surface area contributed by atoms with E-state index in [1.54, 1.807) is 13.8 Å². The molecule has 0 unspecified atom stereocenters. The molecule has 3 rings (SSSR count). The number of alkyl halides is 3. The van der Waals surface area contributed by atoms with E-state index < -0.39 is 29.6 Å². The lowest BCUT2D eigenvalue weighted by molar-refractivity contribution is -0.212. The Morgan fingerprint density at radius 2 is 1.96 bits per heavy atom. The van der Waals surface area contributed by atoms with Crippen molar-refractivity contribution in [3.63, 3.8) is 0 Å². The molecular weight excluding hydrogens is 357 g/mol. The maximum atomic E-state index is 14.6. The summed E-state index contributed by atoms with van der Waals surface area (Å²) in [5.74, 6) is 0. The minimum atomic E-state index is -4.55. The molecule has 2 amide bonds. The first-order chi connectivity index (χ1) is 11.6. The lowest BCUT2D eigenvalue weighted by Crippen LogP contribution is -2.56. The number of anilines is 1. The van der Waals surface area contributed by atoms with E-state index in [1.165, 1.54) is 30.2 Å². The van der Waals surface area contributed by atoms with E-state index in [2.05, 4.69) is 0 Å². The highest BCUT2D eigenvalue weighted by molar-refractivity contribution is 6.30. The minimum absolute atomic E-state index is 0.00125. The second-order valence-corrected chi connectivity index (χ2v) is 7.34. The standard InChI is InChI=1S/C17H20ClF3N2O2/c1-4-22-10-16(17(19,20)21,15(2)7-8-15)12-9-11(18)5-6-13(12)23(25-3)14(22)24/h5-6,9H,4,7-8,10H2,1-3H3/t16-/m1/s1. The third kappa shape index (κ3) is 2.51. The van der Waals surface area contributed by atoms with Crippen LogP contribution in [0.25, 0.3) is 0 Å². The maximum Gasteiger partial charge on any atom is 0.400 e. The highest BCUT2D eigenvalue weighted by Gasteiger charge is 2.71. The molecule has 138 valence electrons. The number of rotatable bonds is 3. The Morgan fingerprint density at radius 1 is 1.32 bits per heavy atom. The number of benzene rings is 1. The first-order valence-electron chi connectivity index (χ1n) is 8.11. The molecule has 0 saturated heterocycles. The fourth-order valence-electron chi connectivity index (χ4n) is 3.84. The Hall–Kier alpha value is -1.47. The number of hydrogen-bond donors (Lipinski definition) is 0. The summed E-state index contributed by atoms with van der Waals surface area (Å²) in [4.78, 5) is 19.1. The molecule has 0 N–H and O–H groups in total. The van der Waals surface area contributed by atoms with Crippen LogP contribution < -0.4 is 5.06 Å². The largest absolute Gasteiger partial charge is 0.400 e. The summed E-state index contributed by atoms with van der Waals surface area (Å²) < 4.78 is 43.7. The number of carbonyl (C=O) groups is 1. The van der Waals surface area contributed by atoms with Crippen LogP contribution >= 0.6 is 11.6 Å². The van der Waals surface area contributed by atoms with Crippen LogP contribution in [0.5, 0.6) is 0 Å². The average Bonchev–Trinajstić information content (AvgIpc) is 3.28. The van der Waals surface area contributed by atoms with Crippen molar-refractivity contribution in [2.24, 2.45) is 5.41 Å². The van der Waals surface area contributed by atoms with E-state index in [-0.39, 0.29) is 22.8 Å². The summed E-state index contributed by atoms with van der Waals surface area (Å²) >= 11 is 6.05. The molecule has 0 spiro atoms. The summed E-state index contributed by atoms with van der Waals surface area (Å²) in [7, 11) is 1.27. The monoisotopic (exact) mass is 376 g/mol. The van der Waals surface area contributed by atoms with E-state index in [1.807, 2.05) is 0 Å². The third-order valence-electron chi connectivity index (χ3n) is 5.59. The number of amides is 2. The van der Waals surface area contributed by atoms with Crippen molar-refractivity contribution in [2.45, 2.75) is 38.3 Å². The molecule has 0 bridgehead atoms. The summed E-state index contributed by atoms with van der Waals surface area (Å²) in [6, 6.07) is 3.61. The molecule has 1 aliphatic heterocycles. The topological polar surface area (TPSA) is 32.8 Å². The van der Waals surface area contributed by atoms with Crippen LogP contribution in [0.3, 0.4) is 0 Å². The van der Waals surface area contributed by atoms with Crippen LogP contribution in [0, 0.1) is 5.41 Å². The molecule has 1 aromatic carbocycles. The molecule has 2 aliphatic rings. The molecule has 8 heteroatoms. The van der Waals surface area contributed by atoms with Crippen molar-refractivity contribution < 1.29 is 22.8 Å². The van der Waals surface area contributed by atoms with Gasteiger partial charge in [-0.05, 0) is 48.9 Å². The molecule has 1 aliphatic carbocycles. The van der Waals surface area contributed by atoms with Crippen LogP contribution in [0.4, 0.5) is 23.7 Å². The summed E-state index contributed by atoms with van der Waals surface area (Å²) in [6.07, 6.45) is -3.66. The molecule has 1 heterocycles. The van der Waals surface area contributed by atoms with Gasteiger partial charge in [-0.15, -0.1) is 0 Å². The van der Waals surface area contributed by atoms with Gasteiger partial charge in [0.05, 0.1) is 12.8 Å². The van der Waals surface area contributed by atoms with Crippen LogP contribution in [0.15, 0.2) is 18.2 Å². The molecule has 1 aromatic rings. The lowest BCUT2D eigenvalue weighted by atomic mass is 9.67. The van der Waals surface area contributed by atoms with Gasteiger partial charge in [-0.2, -0.15) is 18.2 Å². The first-order valence-corrected chi connectivity index (χ1v) is 8.49. The lowest BCUT2D eigenvalue weighted by Gasteiger charge is -2.43. The Labute approximate surface area is 149 Å². The van der Waals surface area contributed by atoms with Crippen molar-refractivity contribution >= 4 is 23.3 Å². The van der Waals surface area contributed by atoms with Gasteiger partial charge in [-0.3, -0.25) is 4.84 Å². The summed E-state index contributed by atoms with van der Waals surface area (Å²) in [5, 5.41) is 1.12. The number of urea groups is 1. The molecule has 4 nitrogen and oxygen atoms in total. The molecule has 1 saturated carbocycles. The number of carbonyl (C=O) groups excluding carboxylic acids is 1. The predicted octanol–water partition coefficient (Wildman–Crippen LogP) is 4.76. The van der Waals surface area contributed by atoms with Gasteiger partial charge in [-0.1, -0.05) is 18.5 Å². The van der Waals surface area contributed by atoms with Gasteiger partial charge in [0.1, 0.15) is 5.41 Å². The van der Waals surface area contributed by atoms with Gasteiger partial charge in [0.15, 0.2) is 0 Å². The van der Waals surface area contributed by atoms with Crippen LogP contribution in [-0.4, -0.2) is 37.3 Å². The Morgan fingerprint density at radius 3 is 2.44 bits per heavy atom. The normalized spacial score (nSPS) is 25.6. The van der Waals surface area contributed by atoms with Gasteiger partial charge < -0.3 is 4.90 Å². The van der Waals surface area contributed by atoms with Crippen molar-refractivity contribution in [3.05, 3.63) is 28.8 Å². The molecule has 25 heavy (non-hydrogen) atoms. The maximum absolute atomic E-state index is 14.6. The van der Waals surface area contributed by atoms with Gasteiger partial charge >= 0.3 is 12.2 Å². The highest BCUT2D eigenvalue weighted by Crippen LogP contribution is 2.67. The number of halogens is 4. The van der Waals surface area contributed by atoms with E-state index in [0.717, 1.165) is 5.06 Å². The zero-order chi connectivity index (χ0) is 18.6. The van der Waals surface area contributed by atoms with E-state index in [4.69, 9.17) is 16.4 Å². The fourth-order valence-corrected chi connectivity index (χ4v) is 4.01. The number of hydrogen-bond acceptors (Lipinski definition) is 2. The van der Waals surface area contributed by atoms with Crippen LogP contribution in [-0.2, 0) is 10.3 Å². The fraction of sp³-hybridized carbons (Fsp3) is 0.588. The van der Waals surface area contributed by atoms with E-state index >= 15 is 0 Å². The van der Waals surface area contributed by atoms with Crippen LogP contribution in [0.1, 0.15) is 32.3 Å². The summed E-state index contributed by atoms with van der Waals surface area (Å²) in [5.41, 5.74) is -3.08. The van der Waals surface area contributed by atoms with Crippen LogP contribution in [0.2, 0.25) is 5.02 Å². The third-order valence-corrected chi connectivity index (χ3v) is 5.82. The minimum Gasteiger partial charge on any atom is -0.322 e. The number of fused-ring (bicyclic) bond motifs is 1. The Kier molecular flexibility index (Phi) is 4.23.